The second-order valence-electron chi connectivity index (χ2n) is 8.49. The molecular weight excluding hydrogens is 366 g/mol. The van der Waals surface area contributed by atoms with E-state index in [1.807, 2.05) is 16.9 Å². The molecule has 2 aliphatic rings. The standard InChI is InChI=1S/C21H33N7O/c1-16(2)29-19-6-4-5-17(13-19)24-21-23-15-28(25-21)18-7-8-22-20(14-18)27-11-9-26(3)10-12-27/h7-8,14-17,19H,4-6,9-13H2,1-3H3,(H,24,25). The van der Waals surface area contributed by atoms with Crippen LogP contribution in [0.25, 0.3) is 5.69 Å². The number of likely N-dealkylation sites (N-methyl/N-ethyl adjacent to an activating group) is 1. The van der Waals surface area contributed by atoms with Gasteiger partial charge in [0.2, 0.25) is 5.95 Å². The number of anilines is 2. The third-order valence-corrected chi connectivity index (χ3v) is 5.74. The van der Waals surface area contributed by atoms with Gasteiger partial charge in [0.1, 0.15) is 12.1 Å². The third kappa shape index (κ3) is 5.25. The normalized spacial score (nSPS) is 23.5. The van der Waals surface area contributed by atoms with Gasteiger partial charge in [-0.3, -0.25) is 0 Å². The van der Waals surface area contributed by atoms with Crippen molar-refractivity contribution in [2.75, 3.05) is 43.4 Å². The predicted molar refractivity (Wildman–Crippen MR) is 115 cm³/mol. The fourth-order valence-electron chi connectivity index (χ4n) is 4.18. The first-order valence-corrected chi connectivity index (χ1v) is 10.8. The average Bonchev–Trinajstić information content (AvgIpc) is 3.17. The van der Waals surface area contributed by atoms with Gasteiger partial charge in [-0.2, -0.15) is 0 Å². The molecule has 2 unspecified atom stereocenters. The number of pyridine rings is 1. The summed E-state index contributed by atoms with van der Waals surface area (Å²) in [5, 5.41) is 8.16. The van der Waals surface area contributed by atoms with Gasteiger partial charge < -0.3 is 19.9 Å². The molecule has 1 aliphatic heterocycles. The Labute approximate surface area is 173 Å². The van der Waals surface area contributed by atoms with Crippen LogP contribution in [-0.4, -0.2) is 76.1 Å². The van der Waals surface area contributed by atoms with E-state index in [2.05, 4.69) is 57.1 Å². The van der Waals surface area contributed by atoms with Crippen molar-refractivity contribution in [1.82, 2.24) is 24.6 Å². The maximum absolute atomic E-state index is 6.01. The zero-order valence-corrected chi connectivity index (χ0v) is 17.8. The quantitative estimate of drug-likeness (QED) is 0.800. The van der Waals surface area contributed by atoms with Crippen LogP contribution in [0.1, 0.15) is 39.5 Å². The van der Waals surface area contributed by atoms with Crippen LogP contribution in [0.4, 0.5) is 11.8 Å². The zero-order valence-electron chi connectivity index (χ0n) is 17.8. The summed E-state index contributed by atoms with van der Waals surface area (Å²) >= 11 is 0. The highest BCUT2D eigenvalue weighted by Crippen LogP contribution is 2.24. The van der Waals surface area contributed by atoms with Crippen LogP contribution in [0.15, 0.2) is 24.7 Å². The summed E-state index contributed by atoms with van der Waals surface area (Å²) in [6.07, 6.45) is 8.69. The molecule has 2 aromatic rings. The van der Waals surface area contributed by atoms with Crippen LogP contribution >= 0.6 is 0 Å². The Kier molecular flexibility index (Phi) is 6.30. The second-order valence-corrected chi connectivity index (χ2v) is 8.49. The summed E-state index contributed by atoms with van der Waals surface area (Å²) in [6.45, 7) is 8.33. The minimum atomic E-state index is 0.275. The van der Waals surface area contributed by atoms with Crippen LogP contribution in [0, 0.1) is 0 Å². The Bertz CT molecular complexity index is 785. The Morgan fingerprint density at radius 2 is 1.97 bits per heavy atom. The lowest BCUT2D eigenvalue weighted by atomic mass is 9.93. The molecule has 4 rings (SSSR count). The maximum atomic E-state index is 6.01. The van der Waals surface area contributed by atoms with E-state index in [9.17, 15) is 0 Å². The van der Waals surface area contributed by atoms with Gasteiger partial charge in [-0.1, -0.05) is 0 Å². The maximum Gasteiger partial charge on any atom is 0.242 e. The number of hydrogen-bond donors (Lipinski definition) is 1. The van der Waals surface area contributed by atoms with Gasteiger partial charge in [0.05, 0.1) is 17.9 Å². The summed E-state index contributed by atoms with van der Waals surface area (Å²) in [4.78, 5) is 13.7. The predicted octanol–water partition coefficient (Wildman–Crippen LogP) is 2.56. The number of nitrogens with one attached hydrogen (secondary N) is 1. The lowest BCUT2D eigenvalue weighted by Crippen LogP contribution is -2.44. The Balaban J connectivity index is 1.39. The summed E-state index contributed by atoms with van der Waals surface area (Å²) in [6, 6.07) is 4.43. The van der Waals surface area contributed by atoms with Crippen LogP contribution < -0.4 is 10.2 Å². The van der Waals surface area contributed by atoms with E-state index in [0.717, 1.165) is 56.9 Å². The van der Waals surface area contributed by atoms with Gasteiger partial charge in [-0.15, -0.1) is 5.10 Å². The third-order valence-electron chi connectivity index (χ3n) is 5.74. The number of nitrogens with zero attached hydrogens (tertiary/aromatic N) is 6. The minimum Gasteiger partial charge on any atom is -0.375 e. The average molecular weight is 400 g/mol. The summed E-state index contributed by atoms with van der Waals surface area (Å²) in [7, 11) is 2.16. The molecule has 29 heavy (non-hydrogen) atoms. The number of hydrogen-bond acceptors (Lipinski definition) is 7. The van der Waals surface area contributed by atoms with Crippen molar-refractivity contribution >= 4 is 11.8 Å². The van der Waals surface area contributed by atoms with Crippen molar-refractivity contribution in [3.63, 3.8) is 0 Å². The van der Waals surface area contributed by atoms with E-state index < -0.39 is 0 Å². The Morgan fingerprint density at radius 3 is 2.76 bits per heavy atom. The first kappa shape index (κ1) is 20.1. The monoisotopic (exact) mass is 399 g/mol. The van der Waals surface area contributed by atoms with Gasteiger partial charge >= 0.3 is 0 Å². The highest BCUT2D eigenvalue weighted by Gasteiger charge is 2.24. The smallest absolute Gasteiger partial charge is 0.242 e. The molecule has 0 spiro atoms. The van der Waals surface area contributed by atoms with Gasteiger partial charge in [-0.25, -0.2) is 14.6 Å². The largest absolute Gasteiger partial charge is 0.375 e. The number of ether oxygens (including phenoxy) is 1. The molecule has 0 aromatic carbocycles. The van der Waals surface area contributed by atoms with Gasteiger partial charge in [-0.05, 0) is 52.6 Å². The van der Waals surface area contributed by atoms with Gasteiger partial charge in [0.15, 0.2) is 0 Å². The van der Waals surface area contributed by atoms with Crippen molar-refractivity contribution in [2.45, 2.75) is 57.8 Å². The number of rotatable bonds is 6. The highest BCUT2D eigenvalue weighted by molar-refractivity contribution is 5.47. The zero-order chi connectivity index (χ0) is 20.2. The Hall–Kier alpha value is -2.19. The Morgan fingerprint density at radius 1 is 1.14 bits per heavy atom. The molecule has 2 atom stereocenters. The second kappa shape index (κ2) is 9.09. The van der Waals surface area contributed by atoms with Gasteiger partial charge in [0, 0.05) is 44.5 Å². The van der Waals surface area contributed by atoms with E-state index in [-0.39, 0.29) is 6.10 Å². The molecule has 0 bridgehead atoms. The number of aromatic nitrogens is 4. The van der Waals surface area contributed by atoms with E-state index in [4.69, 9.17) is 4.74 Å². The van der Waals surface area contributed by atoms with Crippen LogP contribution in [0.3, 0.4) is 0 Å². The SMILES string of the molecule is CC(C)OC1CCCC(Nc2ncn(-c3ccnc(N4CCN(C)CC4)c3)n2)C1. The first-order valence-electron chi connectivity index (χ1n) is 10.8. The first-order chi connectivity index (χ1) is 14.1. The van der Waals surface area contributed by atoms with Crippen LogP contribution in [0.5, 0.6) is 0 Å². The van der Waals surface area contributed by atoms with Crippen molar-refractivity contribution in [1.29, 1.82) is 0 Å². The number of piperazine rings is 1. The van der Waals surface area contributed by atoms with Crippen LogP contribution in [-0.2, 0) is 4.74 Å². The molecule has 0 amide bonds. The molecule has 0 radical (unpaired) electrons. The summed E-state index contributed by atoms with van der Waals surface area (Å²) in [5.74, 6) is 1.68. The van der Waals surface area contributed by atoms with E-state index >= 15 is 0 Å². The molecule has 2 aromatic heterocycles. The molecule has 8 heteroatoms. The molecule has 3 heterocycles. The van der Waals surface area contributed by atoms with Crippen molar-refractivity contribution in [3.8, 4) is 5.69 Å². The topological polar surface area (TPSA) is 71.3 Å². The fraction of sp³-hybridized carbons (Fsp3) is 0.667. The lowest BCUT2D eigenvalue weighted by molar-refractivity contribution is -0.0141. The van der Waals surface area contributed by atoms with E-state index in [1.54, 1.807) is 6.33 Å². The van der Waals surface area contributed by atoms with Crippen molar-refractivity contribution in [3.05, 3.63) is 24.7 Å². The summed E-state index contributed by atoms with van der Waals surface area (Å²) < 4.78 is 7.84. The molecular formula is C21H33N7O. The summed E-state index contributed by atoms with van der Waals surface area (Å²) in [5.41, 5.74) is 0.985. The van der Waals surface area contributed by atoms with E-state index in [0.29, 0.717) is 18.1 Å². The molecule has 158 valence electrons. The van der Waals surface area contributed by atoms with Crippen molar-refractivity contribution in [2.24, 2.45) is 0 Å². The molecule has 1 N–H and O–H groups in total. The lowest BCUT2D eigenvalue weighted by Gasteiger charge is -2.33. The molecule has 1 saturated heterocycles. The minimum absolute atomic E-state index is 0.275. The molecule has 8 nitrogen and oxygen atoms in total. The van der Waals surface area contributed by atoms with Crippen LogP contribution in [0.2, 0.25) is 0 Å². The fourth-order valence-corrected chi connectivity index (χ4v) is 4.18. The molecule has 1 saturated carbocycles. The highest BCUT2D eigenvalue weighted by atomic mass is 16.5. The van der Waals surface area contributed by atoms with E-state index in [1.165, 1.54) is 6.42 Å². The van der Waals surface area contributed by atoms with Gasteiger partial charge in [0.25, 0.3) is 0 Å². The molecule has 2 fully saturated rings. The molecule has 1 aliphatic carbocycles. The van der Waals surface area contributed by atoms with Crippen molar-refractivity contribution < 1.29 is 4.74 Å².